The van der Waals surface area contributed by atoms with Crippen molar-refractivity contribution < 1.29 is 9.21 Å². The van der Waals surface area contributed by atoms with Crippen molar-refractivity contribution in [3.63, 3.8) is 0 Å². The van der Waals surface area contributed by atoms with Crippen molar-refractivity contribution in [2.75, 3.05) is 0 Å². The van der Waals surface area contributed by atoms with E-state index in [4.69, 9.17) is 10.2 Å². The van der Waals surface area contributed by atoms with Crippen molar-refractivity contribution in [1.82, 2.24) is 20.5 Å². The lowest BCUT2D eigenvalue weighted by Gasteiger charge is -2.10. The van der Waals surface area contributed by atoms with Crippen LogP contribution in [0.4, 0.5) is 0 Å². The standard InChI is InChI=1S/C13H17N5O2S/c14-8-1-2-9(5-8)17-12(19)11-4-3-10(20-11)6-21-13-15-7-16-18-13/h3-4,7-9H,1-2,5-6,14H2,(H,17,19)(H,15,16,18)/t8-,9-/m1/s1. The first-order valence-corrected chi connectivity index (χ1v) is 7.82. The van der Waals surface area contributed by atoms with E-state index in [9.17, 15) is 4.79 Å². The monoisotopic (exact) mass is 307 g/mol. The molecule has 7 nitrogen and oxygen atoms in total. The fourth-order valence-corrected chi connectivity index (χ4v) is 3.06. The first-order valence-electron chi connectivity index (χ1n) is 6.84. The van der Waals surface area contributed by atoms with Gasteiger partial charge in [0.1, 0.15) is 12.1 Å². The first-order chi connectivity index (χ1) is 10.2. The van der Waals surface area contributed by atoms with E-state index in [0.717, 1.165) is 30.2 Å². The largest absolute Gasteiger partial charge is 0.455 e. The van der Waals surface area contributed by atoms with Gasteiger partial charge in [0, 0.05) is 12.1 Å². The van der Waals surface area contributed by atoms with Crippen LogP contribution in [-0.4, -0.2) is 33.2 Å². The summed E-state index contributed by atoms with van der Waals surface area (Å²) in [7, 11) is 0. The van der Waals surface area contributed by atoms with Gasteiger partial charge in [0.25, 0.3) is 5.91 Å². The highest BCUT2D eigenvalue weighted by atomic mass is 32.2. The van der Waals surface area contributed by atoms with Crippen LogP contribution in [-0.2, 0) is 5.75 Å². The van der Waals surface area contributed by atoms with E-state index >= 15 is 0 Å². The molecule has 0 aromatic carbocycles. The summed E-state index contributed by atoms with van der Waals surface area (Å²) in [5.74, 6) is 1.48. The van der Waals surface area contributed by atoms with Crippen LogP contribution >= 0.6 is 11.8 Å². The Kier molecular flexibility index (Phi) is 4.26. The molecule has 2 aromatic heterocycles. The van der Waals surface area contributed by atoms with Crippen molar-refractivity contribution in [2.45, 2.75) is 42.3 Å². The Labute approximate surface area is 126 Å². The van der Waals surface area contributed by atoms with E-state index < -0.39 is 0 Å². The Bertz CT molecular complexity index is 597. The average Bonchev–Trinajstić information content (AvgIpc) is 3.17. The lowest BCUT2D eigenvalue weighted by Crippen LogP contribution is -2.33. The number of nitrogens with one attached hydrogen (secondary N) is 2. The molecule has 0 bridgehead atoms. The van der Waals surface area contributed by atoms with Crippen LogP contribution in [0, 0.1) is 0 Å². The van der Waals surface area contributed by atoms with Gasteiger partial charge in [0.2, 0.25) is 0 Å². The van der Waals surface area contributed by atoms with E-state index in [1.165, 1.54) is 18.1 Å². The Morgan fingerprint density at radius 3 is 3.14 bits per heavy atom. The predicted octanol–water partition coefficient (Wildman–Crippen LogP) is 1.30. The molecule has 21 heavy (non-hydrogen) atoms. The summed E-state index contributed by atoms with van der Waals surface area (Å²) in [6.07, 6.45) is 4.18. The van der Waals surface area contributed by atoms with Crippen LogP contribution in [0.2, 0.25) is 0 Å². The second-order valence-corrected chi connectivity index (χ2v) is 6.05. The fraction of sp³-hybridized carbons (Fsp3) is 0.462. The summed E-state index contributed by atoms with van der Waals surface area (Å²) in [6, 6.07) is 3.85. The maximum absolute atomic E-state index is 12.1. The summed E-state index contributed by atoms with van der Waals surface area (Å²) < 4.78 is 5.55. The molecule has 1 aliphatic carbocycles. The normalized spacial score (nSPS) is 21.6. The van der Waals surface area contributed by atoms with E-state index in [1.54, 1.807) is 12.1 Å². The van der Waals surface area contributed by atoms with E-state index in [0.29, 0.717) is 11.5 Å². The van der Waals surface area contributed by atoms with Gasteiger partial charge >= 0.3 is 0 Å². The SMILES string of the molecule is N[C@@H]1CC[C@@H](NC(=O)c2ccc(CSc3ncn[nH]3)o2)C1. The highest BCUT2D eigenvalue weighted by Crippen LogP contribution is 2.21. The van der Waals surface area contributed by atoms with Crippen LogP contribution in [0.15, 0.2) is 28.0 Å². The number of H-pyrrole nitrogens is 1. The van der Waals surface area contributed by atoms with Crippen LogP contribution in [0.25, 0.3) is 0 Å². The number of amides is 1. The van der Waals surface area contributed by atoms with Gasteiger partial charge in [0.05, 0.1) is 5.75 Å². The van der Waals surface area contributed by atoms with E-state index in [-0.39, 0.29) is 18.0 Å². The predicted molar refractivity (Wildman–Crippen MR) is 77.7 cm³/mol. The molecule has 0 unspecified atom stereocenters. The Hall–Kier alpha value is -1.80. The molecule has 0 saturated heterocycles. The topological polar surface area (TPSA) is 110 Å². The van der Waals surface area contributed by atoms with Crippen molar-refractivity contribution in [3.8, 4) is 0 Å². The first kappa shape index (κ1) is 14.2. The van der Waals surface area contributed by atoms with Gasteiger partial charge in [-0.2, -0.15) is 5.10 Å². The number of nitrogens with two attached hydrogens (primary N) is 1. The van der Waals surface area contributed by atoms with Crippen molar-refractivity contribution >= 4 is 17.7 Å². The minimum Gasteiger partial charge on any atom is -0.455 e. The summed E-state index contributed by atoms with van der Waals surface area (Å²) in [5.41, 5.74) is 5.84. The van der Waals surface area contributed by atoms with Gasteiger partial charge in [-0.3, -0.25) is 9.89 Å². The third-order valence-electron chi connectivity index (χ3n) is 3.44. The molecule has 1 amide bonds. The maximum Gasteiger partial charge on any atom is 0.287 e. The minimum absolute atomic E-state index is 0.157. The zero-order valence-electron chi connectivity index (χ0n) is 11.4. The molecule has 8 heteroatoms. The summed E-state index contributed by atoms with van der Waals surface area (Å²) in [4.78, 5) is 16.1. The number of hydrogen-bond donors (Lipinski definition) is 3. The molecule has 4 N–H and O–H groups in total. The summed E-state index contributed by atoms with van der Waals surface area (Å²) >= 11 is 1.47. The molecule has 0 spiro atoms. The van der Waals surface area contributed by atoms with Crippen molar-refractivity contribution in [1.29, 1.82) is 0 Å². The summed E-state index contributed by atoms with van der Waals surface area (Å²) in [5, 5.41) is 10.2. The molecule has 112 valence electrons. The lowest BCUT2D eigenvalue weighted by molar-refractivity contribution is 0.0908. The molecule has 2 heterocycles. The molecular weight excluding hydrogens is 290 g/mol. The van der Waals surface area contributed by atoms with Gasteiger partial charge in [-0.1, -0.05) is 11.8 Å². The zero-order chi connectivity index (χ0) is 14.7. The van der Waals surface area contributed by atoms with Gasteiger partial charge in [-0.15, -0.1) is 0 Å². The van der Waals surface area contributed by atoms with Crippen LogP contribution in [0.3, 0.4) is 0 Å². The van der Waals surface area contributed by atoms with Crippen LogP contribution < -0.4 is 11.1 Å². The number of hydrogen-bond acceptors (Lipinski definition) is 6. The summed E-state index contributed by atoms with van der Waals surface area (Å²) in [6.45, 7) is 0. The Morgan fingerprint density at radius 1 is 1.52 bits per heavy atom. The van der Waals surface area contributed by atoms with Gasteiger partial charge in [-0.25, -0.2) is 4.98 Å². The molecule has 0 radical (unpaired) electrons. The zero-order valence-corrected chi connectivity index (χ0v) is 12.2. The number of furan rings is 1. The van der Waals surface area contributed by atoms with Crippen LogP contribution in [0.1, 0.15) is 35.6 Å². The number of aromatic nitrogens is 3. The molecule has 2 atom stereocenters. The molecule has 1 aliphatic rings. The molecule has 2 aromatic rings. The second-order valence-electron chi connectivity index (χ2n) is 5.09. The third-order valence-corrected chi connectivity index (χ3v) is 4.34. The lowest BCUT2D eigenvalue weighted by atomic mass is 10.2. The molecule has 1 saturated carbocycles. The molecule has 0 aliphatic heterocycles. The fourth-order valence-electron chi connectivity index (χ4n) is 2.38. The van der Waals surface area contributed by atoms with Crippen LogP contribution in [0.5, 0.6) is 0 Å². The third kappa shape index (κ3) is 3.64. The number of carbonyl (C=O) groups is 1. The molecule has 3 rings (SSSR count). The van der Waals surface area contributed by atoms with E-state index in [2.05, 4.69) is 20.5 Å². The number of aromatic amines is 1. The smallest absolute Gasteiger partial charge is 0.287 e. The van der Waals surface area contributed by atoms with Gasteiger partial charge in [-0.05, 0) is 31.4 Å². The Balaban J connectivity index is 1.53. The minimum atomic E-state index is -0.176. The maximum atomic E-state index is 12.1. The average molecular weight is 307 g/mol. The quantitative estimate of drug-likeness (QED) is 0.718. The number of carbonyl (C=O) groups excluding carboxylic acids is 1. The number of rotatable bonds is 5. The number of nitrogens with zero attached hydrogens (tertiary/aromatic N) is 2. The highest BCUT2D eigenvalue weighted by Gasteiger charge is 2.24. The van der Waals surface area contributed by atoms with Crippen molar-refractivity contribution in [3.05, 3.63) is 30.0 Å². The second kappa shape index (κ2) is 6.31. The Morgan fingerprint density at radius 2 is 2.43 bits per heavy atom. The van der Waals surface area contributed by atoms with Gasteiger partial charge < -0.3 is 15.5 Å². The molecular formula is C13H17N5O2S. The molecule has 1 fully saturated rings. The van der Waals surface area contributed by atoms with E-state index in [1.807, 2.05) is 0 Å². The number of thioether (sulfide) groups is 1. The van der Waals surface area contributed by atoms with Crippen molar-refractivity contribution in [2.24, 2.45) is 5.73 Å². The van der Waals surface area contributed by atoms with Gasteiger partial charge in [0.15, 0.2) is 10.9 Å². The highest BCUT2D eigenvalue weighted by molar-refractivity contribution is 7.98.